The smallest absolute Gasteiger partial charge is 0.119 e. The zero-order valence-corrected chi connectivity index (χ0v) is 12.1. The molecule has 1 N–H and O–H groups in total. The van der Waals surface area contributed by atoms with Gasteiger partial charge in [0.15, 0.2) is 0 Å². The molecule has 0 radical (unpaired) electrons. The normalized spacial score (nSPS) is 10.8. The lowest BCUT2D eigenvalue weighted by molar-refractivity contribution is 0.282. The number of hydrogen-bond donors (Lipinski definition) is 1. The van der Waals surface area contributed by atoms with Crippen molar-refractivity contribution < 1.29 is 4.74 Å². The summed E-state index contributed by atoms with van der Waals surface area (Å²) in [5.41, 5.74) is 3.42. The number of rotatable bonds is 7. The first-order valence-electron chi connectivity index (χ1n) is 6.68. The Labute approximate surface area is 120 Å². The Morgan fingerprint density at radius 3 is 2.90 bits per heavy atom. The molecule has 0 spiro atoms. The molecular weight excluding hydrogens is 250 g/mol. The molecule has 2 rings (SSSR count). The molecule has 0 saturated carbocycles. The molecule has 0 aliphatic carbocycles. The molecule has 106 valence electrons. The highest BCUT2D eigenvalue weighted by Gasteiger charge is 2.09. The number of aromatic amines is 1. The Balaban J connectivity index is 2.08. The van der Waals surface area contributed by atoms with Crippen molar-refractivity contribution in [2.75, 3.05) is 13.7 Å². The van der Waals surface area contributed by atoms with Crippen molar-refractivity contribution in [3.63, 3.8) is 0 Å². The van der Waals surface area contributed by atoms with Crippen LogP contribution in [0.2, 0.25) is 0 Å². The van der Waals surface area contributed by atoms with Gasteiger partial charge < -0.3 is 9.72 Å². The van der Waals surface area contributed by atoms with Crippen LogP contribution in [0.1, 0.15) is 17.0 Å². The number of aromatic nitrogens is 2. The van der Waals surface area contributed by atoms with E-state index >= 15 is 0 Å². The second kappa shape index (κ2) is 6.91. The van der Waals surface area contributed by atoms with Crippen molar-refractivity contribution in [3.05, 3.63) is 60.2 Å². The summed E-state index contributed by atoms with van der Waals surface area (Å²) in [5.74, 6) is 0.886. The first kappa shape index (κ1) is 14.3. The van der Waals surface area contributed by atoms with Crippen molar-refractivity contribution in [2.45, 2.75) is 20.0 Å². The molecule has 0 aliphatic rings. The standard InChI is InChI=1S/C16H21N3O/c1-4-8-19(11-16-13(2)17-12-18-16)10-14-6-5-7-15(9-14)20-3/h4-7,9,12H,1,8,10-11H2,2-3H3,(H,17,18). The summed E-state index contributed by atoms with van der Waals surface area (Å²) in [4.78, 5) is 9.77. The molecule has 4 nitrogen and oxygen atoms in total. The third kappa shape index (κ3) is 3.71. The van der Waals surface area contributed by atoms with Crippen LogP contribution >= 0.6 is 0 Å². The summed E-state index contributed by atoms with van der Waals surface area (Å²) >= 11 is 0. The highest BCUT2D eigenvalue weighted by Crippen LogP contribution is 2.16. The number of nitrogens with one attached hydrogen (secondary N) is 1. The summed E-state index contributed by atoms with van der Waals surface area (Å²) in [5, 5.41) is 0. The maximum absolute atomic E-state index is 5.27. The maximum atomic E-state index is 5.27. The van der Waals surface area contributed by atoms with E-state index in [4.69, 9.17) is 4.74 Å². The van der Waals surface area contributed by atoms with Crippen molar-refractivity contribution in [2.24, 2.45) is 0 Å². The average molecular weight is 271 g/mol. The summed E-state index contributed by atoms with van der Waals surface area (Å²) in [6.07, 6.45) is 3.66. The van der Waals surface area contributed by atoms with Gasteiger partial charge in [-0.25, -0.2) is 4.98 Å². The quantitative estimate of drug-likeness (QED) is 0.787. The van der Waals surface area contributed by atoms with Gasteiger partial charge in [-0.3, -0.25) is 4.90 Å². The summed E-state index contributed by atoms with van der Waals surface area (Å²) < 4.78 is 5.27. The fourth-order valence-electron chi connectivity index (χ4n) is 2.15. The van der Waals surface area contributed by atoms with E-state index in [0.717, 1.165) is 36.8 Å². The van der Waals surface area contributed by atoms with Gasteiger partial charge in [-0.1, -0.05) is 18.2 Å². The van der Waals surface area contributed by atoms with E-state index in [2.05, 4.69) is 33.6 Å². The fourth-order valence-corrected chi connectivity index (χ4v) is 2.15. The number of imidazole rings is 1. The third-order valence-electron chi connectivity index (χ3n) is 3.24. The number of benzene rings is 1. The average Bonchev–Trinajstić information content (AvgIpc) is 2.85. The van der Waals surface area contributed by atoms with Crippen LogP contribution in [0.4, 0.5) is 0 Å². The predicted molar refractivity (Wildman–Crippen MR) is 80.6 cm³/mol. The molecular formula is C16H21N3O. The molecule has 0 bridgehead atoms. The third-order valence-corrected chi connectivity index (χ3v) is 3.24. The highest BCUT2D eigenvalue weighted by atomic mass is 16.5. The van der Waals surface area contributed by atoms with E-state index in [0.29, 0.717) is 0 Å². The van der Waals surface area contributed by atoms with Gasteiger partial charge in [-0.05, 0) is 24.6 Å². The van der Waals surface area contributed by atoms with Crippen LogP contribution in [0, 0.1) is 6.92 Å². The molecule has 0 saturated heterocycles. The number of hydrogen-bond acceptors (Lipinski definition) is 3. The molecule has 0 amide bonds. The lowest BCUT2D eigenvalue weighted by Crippen LogP contribution is -2.23. The second-order valence-electron chi connectivity index (χ2n) is 4.78. The van der Waals surface area contributed by atoms with Gasteiger partial charge in [0.05, 0.1) is 19.1 Å². The number of aryl methyl sites for hydroxylation is 1. The lowest BCUT2D eigenvalue weighted by Gasteiger charge is -2.20. The lowest BCUT2D eigenvalue weighted by atomic mass is 10.2. The molecule has 1 heterocycles. The van der Waals surface area contributed by atoms with Crippen LogP contribution in [-0.2, 0) is 13.1 Å². The molecule has 1 aromatic carbocycles. The summed E-state index contributed by atoms with van der Waals surface area (Å²) in [7, 11) is 1.69. The first-order valence-corrected chi connectivity index (χ1v) is 6.68. The molecule has 0 unspecified atom stereocenters. The Bertz CT molecular complexity index is 562. The van der Waals surface area contributed by atoms with E-state index < -0.39 is 0 Å². The molecule has 2 aromatic rings. The Hall–Kier alpha value is -2.07. The van der Waals surface area contributed by atoms with Crippen molar-refractivity contribution in [1.29, 1.82) is 0 Å². The summed E-state index contributed by atoms with van der Waals surface area (Å²) in [6, 6.07) is 8.14. The minimum atomic E-state index is 0.804. The number of nitrogens with zero attached hydrogens (tertiary/aromatic N) is 2. The monoisotopic (exact) mass is 271 g/mol. The van der Waals surface area contributed by atoms with Crippen LogP contribution in [0.3, 0.4) is 0 Å². The molecule has 0 aliphatic heterocycles. The van der Waals surface area contributed by atoms with E-state index in [1.54, 1.807) is 13.4 Å². The fraction of sp³-hybridized carbons (Fsp3) is 0.312. The van der Waals surface area contributed by atoms with Gasteiger partial charge >= 0.3 is 0 Å². The van der Waals surface area contributed by atoms with Crippen LogP contribution in [0.15, 0.2) is 43.2 Å². The molecule has 4 heteroatoms. The SMILES string of the molecule is C=CCN(Cc1cccc(OC)c1)Cc1nc[nH]c1C. The topological polar surface area (TPSA) is 41.1 Å². The van der Waals surface area contributed by atoms with Crippen molar-refractivity contribution in [1.82, 2.24) is 14.9 Å². The summed E-state index contributed by atoms with van der Waals surface area (Å²) in [6.45, 7) is 8.34. The molecule has 0 fully saturated rings. The van der Waals surface area contributed by atoms with E-state index in [1.165, 1.54) is 5.56 Å². The van der Waals surface area contributed by atoms with Gasteiger partial charge in [0.2, 0.25) is 0 Å². The van der Waals surface area contributed by atoms with E-state index in [-0.39, 0.29) is 0 Å². The van der Waals surface area contributed by atoms with Crippen LogP contribution in [-0.4, -0.2) is 28.5 Å². The van der Waals surface area contributed by atoms with E-state index in [1.807, 2.05) is 25.1 Å². The van der Waals surface area contributed by atoms with Crippen LogP contribution in [0.25, 0.3) is 0 Å². The van der Waals surface area contributed by atoms with Crippen molar-refractivity contribution in [3.8, 4) is 5.75 Å². The van der Waals surface area contributed by atoms with E-state index in [9.17, 15) is 0 Å². The highest BCUT2D eigenvalue weighted by molar-refractivity contribution is 5.28. The van der Waals surface area contributed by atoms with Crippen LogP contribution in [0.5, 0.6) is 5.75 Å². The van der Waals surface area contributed by atoms with Crippen molar-refractivity contribution >= 4 is 0 Å². The van der Waals surface area contributed by atoms with Gasteiger partial charge in [-0.2, -0.15) is 0 Å². The van der Waals surface area contributed by atoms with Gasteiger partial charge in [-0.15, -0.1) is 6.58 Å². The van der Waals surface area contributed by atoms with Crippen LogP contribution < -0.4 is 4.74 Å². The number of H-pyrrole nitrogens is 1. The first-order chi connectivity index (χ1) is 9.72. The Morgan fingerprint density at radius 2 is 2.25 bits per heavy atom. The minimum absolute atomic E-state index is 0.804. The zero-order chi connectivity index (χ0) is 14.4. The Kier molecular flexibility index (Phi) is 4.96. The molecule has 1 aromatic heterocycles. The molecule has 0 atom stereocenters. The largest absolute Gasteiger partial charge is 0.497 e. The molecule has 20 heavy (non-hydrogen) atoms. The Morgan fingerprint density at radius 1 is 1.40 bits per heavy atom. The van der Waals surface area contributed by atoms with Gasteiger partial charge in [0.25, 0.3) is 0 Å². The number of methoxy groups -OCH3 is 1. The maximum Gasteiger partial charge on any atom is 0.119 e. The van der Waals surface area contributed by atoms with Gasteiger partial charge in [0, 0.05) is 25.3 Å². The van der Waals surface area contributed by atoms with Gasteiger partial charge in [0.1, 0.15) is 5.75 Å². The predicted octanol–water partition coefficient (Wildman–Crippen LogP) is 2.91. The zero-order valence-electron chi connectivity index (χ0n) is 12.1. The minimum Gasteiger partial charge on any atom is -0.497 e. The number of ether oxygens (including phenoxy) is 1. The second-order valence-corrected chi connectivity index (χ2v) is 4.78.